The molecule has 3 nitrogen and oxygen atoms in total. The van der Waals surface area contributed by atoms with E-state index in [1.165, 1.54) is 12.3 Å². The van der Waals surface area contributed by atoms with Gasteiger partial charge in [-0.1, -0.05) is 12.2 Å². The Hall–Kier alpha value is -1.36. The van der Waals surface area contributed by atoms with Crippen molar-refractivity contribution in [2.45, 2.75) is 0 Å². The number of thiol groups is 1. The number of carboxylic acids is 1. The van der Waals surface area contributed by atoms with E-state index in [0.717, 1.165) is 0 Å². The summed E-state index contributed by atoms with van der Waals surface area (Å²) in [4.78, 5) is 13.9. The first-order valence-corrected chi connectivity index (χ1v) is 4.44. The highest BCUT2D eigenvalue weighted by atomic mass is 32.1. The van der Waals surface area contributed by atoms with Gasteiger partial charge in [0.25, 0.3) is 0 Å². The first kappa shape index (κ1) is 10.7. The van der Waals surface area contributed by atoms with Crippen LogP contribution in [0.15, 0.2) is 18.3 Å². The molecule has 0 aliphatic rings. The van der Waals surface area contributed by atoms with Crippen LogP contribution in [0.2, 0.25) is 0 Å². The van der Waals surface area contributed by atoms with Gasteiger partial charge in [-0.05, 0) is 11.6 Å². The lowest BCUT2D eigenvalue weighted by molar-refractivity contribution is 0.0690. The van der Waals surface area contributed by atoms with Crippen LogP contribution in [0.5, 0.6) is 0 Å². The minimum Gasteiger partial charge on any atom is -0.478 e. The van der Waals surface area contributed by atoms with Crippen molar-refractivity contribution in [3.8, 4) is 0 Å². The average molecular weight is 213 g/mol. The number of hydrogen-bond acceptors (Lipinski definition) is 3. The number of aromatic nitrogens is 1. The summed E-state index contributed by atoms with van der Waals surface area (Å²) in [5.74, 6) is -1.77. The summed E-state index contributed by atoms with van der Waals surface area (Å²) in [5, 5.41) is 8.60. The quantitative estimate of drug-likeness (QED) is 0.595. The molecular formula is C9H8FNO2S. The topological polar surface area (TPSA) is 50.2 Å². The van der Waals surface area contributed by atoms with Gasteiger partial charge in [-0.2, -0.15) is 17.0 Å². The van der Waals surface area contributed by atoms with Gasteiger partial charge in [-0.15, -0.1) is 0 Å². The second kappa shape index (κ2) is 4.76. The Labute approximate surface area is 85.7 Å². The molecule has 74 valence electrons. The first-order chi connectivity index (χ1) is 6.65. The average Bonchev–Trinajstić information content (AvgIpc) is 2.16. The van der Waals surface area contributed by atoms with Crippen molar-refractivity contribution in [1.29, 1.82) is 0 Å². The number of aromatic carboxylic acids is 1. The lowest BCUT2D eigenvalue weighted by Gasteiger charge is -1.97. The van der Waals surface area contributed by atoms with E-state index in [0.29, 0.717) is 11.3 Å². The number of halogens is 1. The first-order valence-electron chi connectivity index (χ1n) is 3.81. The van der Waals surface area contributed by atoms with E-state index in [9.17, 15) is 9.18 Å². The molecule has 1 aromatic heterocycles. The Morgan fingerprint density at radius 1 is 1.71 bits per heavy atom. The highest BCUT2D eigenvalue weighted by Crippen LogP contribution is 2.09. The summed E-state index contributed by atoms with van der Waals surface area (Å²) in [7, 11) is 0. The van der Waals surface area contributed by atoms with Gasteiger partial charge in [0.2, 0.25) is 5.95 Å². The van der Waals surface area contributed by atoms with Gasteiger partial charge in [-0.25, -0.2) is 9.78 Å². The van der Waals surface area contributed by atoms with Gasteiger partial charge in [0.05, 0.1) is 0 Å². The van der Waals surface area contributed by atoms with E-state index in [1.54, 1.807) is 12.2 Å². The summed E-state index contributed by atoms with van der Waals surface area (Å²) in [5.41, 5.74) is 0.115. The zero-order valence-corrected chi connectivity index (χ0v) is 8.04. The number of pyridine rings is 1. The van der Waals surface area contributed by atoms with Crippen molar-refractivity contribution < 1.29 is 14.3 Å². The zero-order chi connectivity index (χ0) is 10.6. The molecule has 14 heavy (non-hydrogen) atoms. The van der Waals surface area contributed by atoms with Crippen LogP contribution in [0.1, 0.15) is 15.9 Å². The molecule has 0 radical (unpaired) electrons. The second-order valence-electron chi connectivity index (χ2n) is 2.50. The van der Waals surface area contributed by atoms with E-state index in [4.69, 9.17) is 5.11 Å². The van der Waals surface area contributed by atoms with Crippen molar-refractivity contribution in [2.24, 2.45) is 0 Å². The minimum absolute atomic E-state index is 0.425. The monoisotopic (exact) mass is 213 g/mol. The zero-order valence-electron chi connectivity index (χ0n) is 7.14. The van der Waals surface area contributed by atoms with Crippen LogP contribution in [0, 0.1) is 5.95 Å². The molecule has 5 heteroatoms. The standard InChI is InChI=1S/C9H8FNO2S/c10-8-7(9(12)13)4-6(5-11-8)2-1-3-14/h1-2,4-5,14H,3H2,(H,12,13). The van der Waals surface area contributed by atoms with Gasteiger partial charge < -0.3 is 5.11 Å². The van der Waals surface area contributed by atoms with Gasteiger partial charge in [0.15, 0.2) is 0 Å². The molecular weight excluding hydrogens is 205 g/mol. The number of hydrogen-bond donors (Lipinski definition) is 2. The summed E-state index contributed by atoms with van der Waals surface area (Å²) in [6.07, 6.45) is 4.61. The summed E-state index contributed by atoms with van der Waals surface area (Å²) < 4.78 is 12.8. The fourth-order valence-electron chi connectivity index (χ4n) is 0.894. The Bertz CT molecular complexity index is 379. The van der Waals surface area contributed by atoms with Crippen molar-refractivity contribution in [1.82, 2.24) is 4.98 Å². The molecule has 0 saturated carbocycles. The lowest BCUT2D eigenvalue weighted by atomic mass is 10.2. The number of rotatable bonds is 3. The van der Waals surface area contributed by atoms with Crippen LogP contribution >= 0.6 is 12.6 Å². The predicted molar refractivity (Wildman–Crippen MR) is 54.0 cm³/mol. The summed E-state index contributed by atoms with van der Waals surface area (Å²) >= 11 is 3.94. The largest absolute Gasteiger partial charge is 0.478 e. The van der Waals surface area contributed by atoms with Crippen LogP contribution < -0.4 is 0 Å². The van der Waals surface area contributed by atoms with Crippen LogP contribution in [-0.2, 0) is 0 Å². The van der Waals surface area contributed by atoms with Crippen molar-refractivity contribution >= 4 is 24.7 Å². The molecule has 0 unspecified atom stereocenters. The Kier molecular flexibility index (Phi) is 3.64. The molecule has 0 bridgehead atoms. The fourth-order valence-corrected chi connectivity index (χ4v) is 1.000. The maximum Gasteiger partial charge on any atom is 0.340 e. The molecule has 0 aliphatic carbocycles. The molecule has 0 spiro atoms. The normalized spacial score (nSPS) is 10.7. The van der Waals surface area contributed by atoms with Gasteiger partial charge in [0.1, 0.15) is 5.56 Å². The summed E-state index contributed by atoms with van der Waals surface area (Å²) in [6, 6.07) is 1.23. The van der Waals surface area contributed by atoms with E-state index in [2.05, 4.69) is 17.6 Å². The maximum absolute atomic E-state index is 12.8. The third kappa shape index (κ3) is 2.56. The van der Waals surface area contributed by atoms with Crippen molar-refractivity contribution in [2.75, 3.05) is 5.75 Å². The molecule has 1 N–H and O–H groups in total. The molecule has 0 aromatic carbocycles. The molecule has 0 atom stereocenters. The molecule has 0 aliphatic heterocycles. The Morgan fingerprint density at radius 3 is 3.00 bits per heavy atom. The van der Waals surface area contributed by atoms with Crippen molar-refractivity contribution in [3.63, 3.8) is 0 Å². The maximum atomic E-state index is 12.8. The highest BCUT2D eigenvalue weighted by molar-refractivity contribution is 7.80. The Balaban J connectivity index is 3.06. The molecule has 1 aromatic rings. The van der Waals surface area contributed by atoms with E-state index >= 15 is 0 Å². The van der Waals surface area contributed by atoms with Crippen LogP contribution in [0.25, 0.3) is 6.08 Å². The molecule has 0 fully saturated rings. The molecule has 0 amide bonds. The molecule has 1 rings (SSSR count). The summed E-state index contributed by atoms with van der Waals surface area (Å²) in [6.45, 7) is 0. The van der Waals surface area contributed by atoms with Gasteiger partial charge in [0, 0.05) is 11.9 Å². The van der Waals surface area contributed by atoms with Crippen LogP contribution in [0.4, 0.5) is 4.39 Å². The lowest BCUT2D eigenvalue weighted by Crippen LogP contribution is -2.02. The SMILES string of the molecule is O=C(O)c1cc(C=CCS)cnc1F. The number of carboxylic acid groups (broad SMARTS) is 1. The second-order valence-corrected chi connectivity index (χ2v) is 2.86. The smallest absolute Gasteiger partial charge is 0.340 e. The van der Waals surface area contributed by atoms with Crippen LogP contribution in [0.3, 0.4) is 0 Å². The van der Waals surface area contributed by atoms with Gasteiger partial charge in [-0.3, -0.25) is 0 Å². The van der Waals surface area contributed by atoms with E-state index in [-0.39, 0.29) is 0 Å². The third-order valence-corrected chi connectivity index (χ3v) is 1.72. The third-order valence-electron chi connectivity index (χ3n) is 1.51. The van der Waals surface area contributed by atoms with Crippen molar-refractivity contribution in [3.05, 3.63) is 35.4 Å². The highest BCUT2D eigenvalue weighted by Gasteiger charge is 2.10. The number of nitrogens with zero attached hydrogens (tertiary/aromatic N) is 1. The molecule has 1 heterocycles. The fraction of sp³-hybridized carbons (Fsp3) is 0.111. The minimum atomic E-state index is -1.32. The predicted octanol–water partition coefficient (Wildman–Crippen LogP) is 1.86. The Morgan fingerprint density at radius 2 is 2.43 bits per heavy atom. The van der Waals surface area contributed by atoms with E-state index in [1.807, 2.05) is 0 Å². The van der Waals surface area contributed by atoms with Gasteiger partial charge >= 0.3 is 5.97 Å². The number of carbonyl (C=O) groups is 1. The molecule has 0 saturated heterocycles. The van der Waals surface area contributed by atoms with E-state index < -0.39 is 17.5 Å². The van der Waals surface area contributed by atoms with Crippen LogP contribution in [-0.4, -0.2) is 21.8 Å².